The first-order chi connectivity index (χ1) is 8.20. The van der Waals surface area contributed by atoms with Crippen LogP contribution in [0.1, 0.15) is 36.3 Å². The standard InChI is InChI=1S/C12H17N3OS/c13-8-3-4-9-10(6-8)17-12(14-9)15-11(16)5-7-1-2-7/h7-8H,1-6,13H2,(H,14,15,16)/t8-/m0/s1. The van der Waals surface area contributed by atoms with Gasteiger partial charge in [-0.1, -0.05) is 0 Å². The minimum absolute atomic E-state index is 0.114. The van der Waals surface area contributed by atoms with Crippen molar-refractivity contribution >= 4 is 22.4 Å². The van der Waals surface area contributed by atoms with Crippen LogP contribution >= 0.6 is 11.3 Å². The lowest BCUT2D eigenvalue weighted by molar-refractivity contribution is -0.116. The van der Waals surface area contributed by atoms with E-state index in [1.165, 1.54) is 17.7 Å². The van der Waals surface area contributed by atoms with Crippen LogP contribution in [0.4, 0.5) is 5.13 Å². The van der Waals surface area contributed by atoms with E-state index in [0.29, 0.717) is 12.3 Å². The molecule has 0 aliphatic heterocycles. The second-order valence-corrected chi connectivity index (χ2v) is 6.17. The molecular formula is C12H17N3OS. The Hall–Kier alpha value is -0.940. The molecule has 17 heavy (non-hydrogen) atoms. The summed E-state index contributed by atoms with van der Waals surface area (Å²) in [5.41, 5.74) is 7.06. The van der Waals surface area contributed by atoms with E-state index < -0.39 is 0 Å². The lowest BCUT2D eigenvalue weighted by atomic mass is 9.99. The smallest absolute Gasteiger partial charge is 0.226 e. The summed E-state index contributed by atoms with van der Waals surface area (Å²) in [6.07, 6.45) is 5.93. The van der Waals surface area contributed by atoms with Crippen LogP contribution in [-0.2, 0) is 17.6 Å². The Bertz CT molecular complexity index is 439. The molecule has 1 fully saturated rings. The van der Waals surface area contributed by atoms with E-state index in [9.17, 15) is 4.79 Å². The number of amides is 1. The van der Waals surface area contributed by atoms with Gasteiger partial charge >= 0.3 is 0 Å². The molecule has 4 nitrogen and oxygen atoms in total. The monoisotopic (exact) mass is 251 g/mol. The molecule has 1 atom stereocenters. The maximum Gasteiger partial charge on any atom is 0.226 e. The minimum Gasteiger partial charge on any atom is -0.327 e. The van der Waals surface area contributed by atoms with Crippen molar-refractivity contribution in [2.45, 2.75) is 44.6 Å². The fraction of sp³-hybridized carbons (Fsp3) is 0.667. The zero-order chi connectivity index (χ0) is 11.8. The summed E-state index contributed by atoms with van der Waals surface area (Å²) < 4.78 is 0. The molecule has 1 aromatic rings. The summed E-state index contributed by atoms with van der Waals surface area (Å²) in [7, 11) is 0. The highest BCUT2D eigenvalue weighted by Crippen LogP contribution is 2.33. The fourth-order valence-electron chi connectivity index (χ4n) is 2.21. The van der Waals surface area contributed by atoms with E-state index in [0.717, 1.165) is 30.1 Å². The number of nitrogens with two attached hydrogens (primary N) is 1. The van der Waals surface area contributed by atoms with Gasteiger partial charge in [0.2, 0.25) is 5.91 Å². The lowest BCUT2D eigenvalue weighted by Crippen LogP contribution is -2.27. The number of nitrogens with zero attached hydrogens (tertiary/aromatic N) is 1. The van der Waals surface area contributed by atoms with Crippen LogP contribution < -0.4 is 11.1 Å². The molecule has 0 aromatic carbocycles. The number of thiazole rings is 1. The average molecular weight is 251 g/mol. The topological polar surface area (TPSA) is 68.0 Å². The lowest BCUT2D eigenvalue weighted by Gasteiger charge is -2.15. The highest BCUT2D eigenvalue weighted by Gasteiger charge is 2.25. The first-order valence-corrected chi connectivity index (χ1v) is 7.06. The third-order valence-electron chi connectivity index (χ3n) is 3.40. The quantitative estimate of drug-likeness (QED) is 0.859. The van der Waals surface area contributed by atoms with Crippen LogP contribution in [-0.4, -0.2) is 16.9 Å². The van der Waals surface area contributed by atoms with Crippen LogP contribution in [0.3, 0.4) is 0 Å². The van der Waals surface area contributed by atoms with Crippen LogP contribution in [0, 0.1) is 5.92 Å². The van der Waals surface area contributed by atoms with E-state index in [-0.39, 0.29) is 11.9 Å². The van der Waals surface area contributed by atoms with Crippen molar-refractivity contribution in [1.82, 2.24) is 4.98 Å². The summed E-state index contributed by atoms with van der Waals surface area (Å²) in [6.45, 7) is 0. The number of carbonyl (C=O) groups excluding carboxylic acids is 1. The highest BCUT2D eigenvalue weighted by atomic mass is 32.1. The van der Waals surface area contributed by atoms with Crippen molar-refractivity contribution in [1.29, 1.82) is 0 Å². The van der Waals surface area contributed by atoms with Crippen LogP contribution in [0.15, 0.2) is 0 Å². The average Bonchev–Trinajstić information content (AvgIpc) is 2.97. The number of aryl methyl sites for hydroxylation is 1. The first-order valence-electron chi connectivity index (χ1n) is 6.24. The van der Waals surface area contributed by atoms with Crippen molar-refractivity contribution < 1.29 is 4.79 Å². The molecule has 0 bridgehead atoms. The van der Waals surface area contributed by atoms with Gasteiger partial charge in [0.1, 0.15) is 0 Å². The SMILES string of the molecule is N[C@H]1CCc2nc(NC(=O)CC3CC3)sc2C1. The van der Waals surface area contributed by atoms with Crippen molar-refractivity contribution in [3.05, 3.63) is 10.6 Å². The van der Waals surface area contributed by atoms with Crippen LogP contribution in [0.5, 0.6) is 0 Å². The van der Waals surface area contributed by atoms with Gasteiger partial charge in [-0.25, -0.2) is 4.98 Å². The maximum atomic E-state index is 11.7. The van der Waals surface area contributed by atoms with E-state index in [1.807, 2.05) is 0 Å². The third-order valence-corrected chi connectivity index (χ3v) is 4.43. The molecule has 0 saturated heterocycles. The molecule has 2 aliphatic rings. The van der Waals surface area contributed by atoms with E-state index in [2.05, 4.69) is 10.3 Å². The molecule has 1 heterocycles. The molecule has 2 aliphatic carbocycles. The predicted octanol–water partition coefficient (Wildman–Crippen LogP) is 1.70. The Labute approximate surface area is 105 Å². The second-order valence-electron chi connectivity index (χ2n) is 5.09. The molecule has 3 N–H and O–H groups in total. The molecule has 0 radical (unpaired) electrons. The Morgan fingerprint density at radius 2 is 2.29 bits per heavy atom. The zero-order valence-corrected chi connectivity index (χ0v) is 10.6. The Morgan fingerprint density at radius 1 is 1.47 bits per heavy atom. The number of hydrogen-bond acceptors (Lipinski definition) is 4. The molecular weight excluding hydrogens is 234 g/mol. The molecule has 1 amide bonds. The fourth-order valence-corrected chi connectivity index (χ4v) is 3.33. The Morgan fingerprint density at radius 3 is 3.06 bits per heavy atom. The third kappa shape index (κ3) is 2.66. The van der Waals surface area contributed by atoms with E-state index in [1.54, 1.807) is 11.3 Å². The van der Waals surface area contributed by atoms with Gasteiger partial charge in [0.25, 0.3) is 0 Å². The van der Waals surface area contributed by atoms with Crippen molar-refractivity contribution in [3.63, 3.8) is 0 Å². The van der Waals surface area contributed by atoms with Gasteiger partial charge in [0, 0.05) is 17.3 Å². The molecule has 92 valence electrons. The van der Waals surface area contributed by atoms with Gasteiger partial charge in [-0.15, -0.1) is 11.3 Å². The Balaban J connectivity index is 1.65. The Kier molecular flexibility index (Phi) is 2.88. The number of fused-ring (bicyclic) bond motifs is 1. The van der Waals surface area contributed by atoms with Gasteiger partial charge in [0.15, 0.2) is 5.13 Å². The molecule has 0 unspecified atom stereocenters. The number of nitrogens with one attached hydrogen (secondary N) is 1. The number of anilines is 1. The number of aromatic nitrogens is 1. The van der Waals surface area contributed by atoms with Gasteiger partial charge in [0.05, 0.1) is 5.69 Å². The largest absolute Gasteiger partial charge is 0.327 e. The summed E-state index contributed by atoms with van der Waals surface area (Å²) in [5.74, 6) is 0.737. The molecule has 5 heteroatoms. The van der Waals surface area contributed by atoms with Crippen molar-refractivity contribution in [3.8, 4) is 0 Å². The molecule has 1 aromatic heterocycles. The highest BCUT2D eigenvalue weighted by molar-refractivity contribution is 7.15. The summed E-state index contributed by atoms with van der Waals surface area (Å²) in [4.78, 5) is 17.4. The van der Waals surface area contributed by atoms with Crippen molar-refractivity contribution in [2.75, 3.05) is 5.32 Å². The van der Waals surface area contributed by atoms with Gasteiger partial charge in [-0.3, -0.25) is 4.79 Å². The van der Waals surface area contributed by atoms with E-state index >= 15 is 0 Å². The maximum absolute atomic E-state index is 11.7. The van der Waals surface area contributed by atoms with Gasteiger partial charge in [-0.2, -0.15) is 0 Å². The molecule has 3 rings (SSSR count). The van der Waals surface area contributed by atoms with Crippen LogP contribution in [0.2, 0.25) is 0 Å². The second kappa shape index (κ2) is 4.38. The normalized spacial score (nSPS) is 23.2. The minimum atomic E-state index is 0.114. The number of carbonyl (C=O) groups is 1. The van der Waals surface area contributed by atoms with Gasteiger partial charge < -0.3 is 11.1 Å². The van der Waals surface area contributed by atoms with Crippen LogP contribution in [0.25, 0.3) is 0 Å². The number of hydrogen-bond donors (Lipinski definition) is 2. The molecule has 1 saturated carbocycles. The number of rotatable bonds is 3. The van der Waals surface area contributed by atoms with E-state index in [4.69, 9.17) is 5.73 Å². The summed E-state index contributed by atoms with van der Waals surface area (Å²) >= 11 is 1.59. The predicted molar refractivity (Wildman–Crippen MR) is 68.1 cm³/mol. The van der Waals surface area contributed by atoms with Gasteiger partial charge in [-0.05, 0) is 38.0 Å². The van der Waals surface area contributed by atoms with Crippen molar-refractivity contribution in [2.24, 2.45) is 11.7 Å². The molecule has 0 spiro atoms. The first kappa shape index (κ1) is 11.2. The zero-order valence-electron chi connectivity index (χ0n) is 9.74. The summed E-state index contributed by atoms with van der Waals surface area (Å²) in [6, 6.07) is 0.262. The summed E-state index contributed by atoms with van der Waals surface area (Å²) in [5, 5.41) is 3.67.